The number of nitrogens with one attached hydrogen (secondary N) is 1. The second kappa shape index (κ2) is 7.25. The number of hydrogen-bond donors (Lipinski definition) is 1. The minimum Gasteiger partial charge on any atom is -0.375 e. The summed E-state index contributed by atoms with van der Waals surface area (Å²) >= 11 is 0. The minimum atomic E-state index is 0.0845. The Morgan fingerprint density at radius 2 is 2.11 bits per heavy atom. The molecule has 1 aliphatic heterocycles. The van der Waals surface area contributed by atoms with Gasteiger partial charge in [0, 0.05) is 24.5 Å². The monoisotopic (exact) mass is 270 g/mol. The van der Waals surface area contributed by atoms with Crippen LogP contribution in [0, 0.1) is 5.92 Å². The lowest BCUT2D eigenvalue weighted by Crippen LogP contribution is -2.47. The number of carbonyl (C=O) groups is 1. The van der Waals surface area contributed by atoms with Crippen LogP contribution >= 0.6 is 0 Å². The molecule has 1 aliphatic rings. The molecular weight excluding hydrogens is 240 g/mol. The first-order valence-corrected chi connectivity index (χ1v) is 7.45. The highest BCUT2D eigenvalue weighted by Gasteiger charge is 2.25. The molecule has 0 bridgehead atoms. The van der Waals surface area contributed by atoms with Gasteiger partial charge < -0.3 is 15.0 Å². The van der Waals surface area contributed by atoms with E-state index in [2.05, 4.69) is 26.1 Å². The van der Waals surface area contributed by atoms with Crippen LogP contribution in [0.3, 0.4) is 0 Å². The second-order valence-electron chi connectivity index (χ2n) is 6.75. The van der Waals surface area contributed by atoms with Crippen molar-refractivity contribution in [2.24, 2.45) is 5.92 Å². The van der Waals surface area contributed by atoms with Gasteiger partial charge in [0.2, 0.25) is 5.91 Å². The molecule has 1 heterocycles. The molecule has 1 amide bonds. The number of nitrogens with zero attached hydrogens (tertiary/aromatic N) is 1. The largest absolute Gasteiger partial charge is 0.375 e. The molecule has 1 fully saturated rings. The minimum absolute atomic E-state index is 0.0845. The molecule has 0 saturated carbocycles. The van der Waals surface area contributed by atoms with E-state index in [0.29, 0.717) is 6.61 Å². The van der Waals surface area contributed by atoms with E-state index in [4.69, 9.17) is 4.74 Å². The third-order valence-corrected chi connectivity index (χ3v) is 3.30. The maximum Gasteiger partial charge on any atom is 0.225 e. The summed E-state index contributed by atoms with van der Waals surface area (Å²) < 4.78 is 5.75. The fraction of sp³-hybridized carbons (Fsp3) is 0.933. The second-order valence-corrected chi connectivity index (χ2v) is 6.75. The van der Waals surface area contributed by atoms with Crippen molar-refractivity contribution in [3.8, 4) is 0 Å². The lowest BCUT2D eigenvalue weighted by atomic mass is 10.1. The molecule has 19 heavy (non-hydrogen) atoms. The third kappa shape index (κ3) is 6.39. The molecule has 4 nitrogen and oxygen atoms in total. The van der Waals surface area contributed by atoms with E-state index in [1.165, 1.54) is 0 Å². The SMILES string of the molecule is CC(C)C(=O)N1CCOC(CCCNC(C)(C)C)C1. The van der Waals surface area contributed by atoms with Gasteiger partial charge in [-0.05, 0) is 40.2 Å². The zero-order valence-electron chi connectivity index (χ0n) is 13.2. The van der Waals surface area contributed by atoms with E-state index in [1.807, 2.05) is 18.7 Å². The van der Waals surface area contributed by atoms with Crippen molar-refractivity contribution in [2.45, 2.75) is 59.1 Å². The number of ether oxygens (including phenoxy) is 1. The van der Waals surface area contributed by atoms with Crippen LogP contribution in [0.4, 0.5) is 0 Å². The maximum absolute atomic E-state index is 12.0. The summed E-state index contributed by atoms with van der Waals surface area (Å²) in [6.07, 6.45) is 2.31. The Bertz CT molecular complexity index is 284. The van der Waals surface area contributed by atoms with Crippen LogP contribution in [-0.4, -0.2) is 48.7 Å². The van der Waals surface area contributed by atoms with Gasteiger partial charge in [0.15, 0.2) is 0 Å². The number of amides is 1. The molecule has 112 valence electrons. The van der Waals surface area contributed by atoms with Crippen LogP contribution in [0.15, 0.2) is 0 Å². The zero-order valence-corrected chi connectivity index (χ0v) is 13.2. The molecule has 1 atom stereocenters. The van der Waals surface area contributed by atoms with Crippen molar-refractivity contribution in [1.29, 1.82) is 0 Å². The molecule has 0 aromatic carbocycles. The highest BCUT2D eigenvalue weighted by Crippen LogP contribution is 2.13. The molecule has 1 unspecified atom stereocenters. The highest BCUT2D eigenvalue weighted by atomic mass is 16.5. The zero-order chi connectivity index (χ0) is 14.5. The first-order chi connectivity index (χ1) is 8.79. The van der Waals surface area contributed by atoms with Crippen LogP contribution < -0.4 is 5.32 Å². The average Bonchev–Trinajstić information content (AvgIpc) is 2.33. The topological polar surface area (TPSA) is 41.6 Å². The van der Waals surface area contributed by atoms with E-state index < -0.39 is 0 Å². The third-order valence-electron chi connectivity index (χ3n) is 3.30. The quantitative estimate of drug-likeness (QED) is 0.777. The first kappa shape index (κ1) is 16.4. The fourth-order valence-electron chi connectivity index (χ4n) is 2.25. The first-order valence-electron chi connectivity index (χ1n) is 7.45. The predicted molar refractivity (Wildman–Crippen MR) is 78.1 cm³/mol. The molecular formula is C15H30N2O2. The van der Waals surface area contributed by atoms with E-state index in [-0.39, 0.29) is 23.5 Å². The standard InChI is InChI=1S/C15H30N2O2/c1-12(2)14(18)17-9-10-19-13(11-17)7-6-8-16-15(3,4)5/h12-13,16H,6-11H2,1-5H3. The van der Waals surface area contributed by atoms with Gasteiger partial charge in [0.05, 0.1) is 12.7 Å². The van der Waals surface area contributed by atoms with Gasteiger partial charge in [0.1, 0.15) is 0 Å². The molecule has 4 heteroatoms. The van der Waals surface area contributed by atoms with Gasteiger partial charge in [-0.1, -0.05) is 13.8 Å². The summed E-state index contributed by atoms with van der Waals surface area (Å²) in [5, 5.41) is 3.48. The predicted octanol–water partition coefficient (Wildman–Crippen LogP) is 2.04. The van der Waals surface area contributed by atoms with Crippen molar-refractivity contribution in [1.82, 2.24) is 10.2 Å². The molecule has 0 spiro atoms. The molecule has 0 aromatic rings. The highest BCUT2D eigenvalue weighted by molar-refractivity contribution is 5.78. The Kier molecular flexibility index (Phi) is 6.27. The Hall–Kier alpha value is -0.610. The van der Waals surface area contributed by atoms with Crippen LogP contribution in [0.25, 0.3) is 0 Å². The molecule has 0 radical (unpaired) electrons. The van der Waals surface area contributed by atoms with Crippen molar-refractivity contribution >= 4 is 5.91 Å². The molecule has 1 saturated heterocycles. The summed E-state index contributed by atoms with van der Waals surface area (Å²) in [5.74, 6) is 0.336. The van der Waals surface area contributed by atoms with Gasteiger partial charge in [-0.15, -0.1) is 0 Å². The van der Waals surface area contributed by atoms with E-state index in [0.717, 1.165) is 32.5 Å². The summed E-state index contributed by atoms with van der Waals surface area (Å²) in [4.78, 5) is 13.9. The van der Waals surface area contributed by atoms with Crippen LogP contribution in [0.5, 0.6) is 0 Å². The average molecular weight is 270 g/mol. The molecule has 0 aliphatic carbocycles. The Labute approximate surface area is 117 Å². The van der Waals surface area contributed by atoms with Crippen LogP contribution in [0.2, 0.25) is 0 Å². The molecule has 1 N–H and O–H groups in total. The summed E-state index contributed by atoms with van der Waals surface area (Å²) in [7, 11) is 0. The van der Waals surface area contributed by atoms with Crippen LogP contribution in [-0.2, 0) is 9.53 Å². The Morgan fingerprint density at radius 3 is 2.68 bits per heavy atom. The molecule has 1 rings (SSSR count). The fourth-order valence-corrected chi connectivity index (χ4v) is 2.25. The number of morpholine rings is 1. The number of hydrogen-bond acceptors (Lipinski definition) is 3. The van der Waals surface area contributed by atoms with Crippen molar-refractivity contribution in [2.75, 3.05) is 26.2 Å². The van der Waals surface area contributed by atoms with E-state index in [1.54, 1.807) is 0 Å². The Balaban J connectivity index is 2.26. The summed E-state index contributed by atoms with van der Waals surface area (Å²) in [6, 6.07) is 0. The van der Waals surface area contributed by atoms with Gasteiger partial charge in [0.25, 0.3) is 0 Å². The Morgan fingerprint density at radius 1 is 1.42 bits per heavy atom. The van der Waals surface area contributed by atoms with Gasteiger partial charge in [-0.3, -0.25) is 4.79 Å². The van der Waals surface area contributed by atoms with Gasteiger partial charge in [-0.2, -0.15) is 0 Å². The smallest absolute Gasteiger partial charge is 0.225 e. The van der Waals surface area contributed by atoms with Gasteiger partial charge in [-0.25, -0.2) is 0 Å². The maximum atomic E-state index is 12.0. The molecule has 0 aromatic heterocycles. The lowest BCUT2D eigenvalue weighted by Gasteiger charge is -2.34. The van der Waals surface area contributed by atoms with E-state index >= 15 is 0 Å². The van der Waals surface area contributed by atoms with Crippen LogP contribution in [0.1, 0.15) is 47.5 Å². The van der Waals surface area contributed by atoms with Gasteiger partial charge >= 0.3 is 0 Å². The van der Waals surface area contributed by atoms with E-state index in [9.17, 15) is 4.79 Å². The lowest BCUT2D eigenvalue weighted by molar-refractivity contribution is -0.142. The number of carbonyl (C=O) groups excluding carboxylic acids is 1. The van der Waals surface area contributed by atoms with Crippen molar-refractivity contribution in [3.05, 3.63) is 0 Å². The summed E-state index contributed by atoms with van der Waals surface area (Å²) in [6.45, 7) is 13.6. The normalized spacial score (nSPS) is 20.9. The van der Waals surface area contributed by atoms with Crippen molar-refractivity contribution in [3.63, 3.8) is 0 Å². The summed E-state index contributed by atoms with van der Waals surface area (Å²) in [5.41, 5.74) is 0.174. The van der Waals surface area contributed by atoms with Crippen molar-refractivity contribution < 1.29 is 9.53 Å². The number of rotatable bonds is 5.